The van der Waals surface area contributed by atoms with Gasteiger partial charge < -0.3 is 5.32 Å². The van der Waals surface area contributed by atoms with Gasteiger partial charge in [-0.2, -0.15) is 0 Å². The first-order valence-electron chi connectivity index (χ1n) is 7.62. The van der Waals surface area contributed by atoms with Crippen LogP contribution in [-0.4, -0.2) is 24.4 Å². The fourth-order valence-corrected chi connectivity index (χ4v) is 4.28. The lowest BCUT2D eigenvalue weighted by Gasteiger charge is -2.13. The van der Waals surface area contributed by atoms with E-state index in [1.807, 2.05) is 50.4 Å². The smallest absolute Gasteiger partial charge is 0.269 e. The summed E-state index contributed by atoms with van der Waals surface area (Å²) in [5.41, 5.74) is 3.16. The number of benzene rings is 1. The molecule has 2 aromatic heterocycles. The fraction of sp³-hybridized carbons (Fsp3) is 0.167. The van der Waals surface area contributed by atoms with Gasteiger partial charge in [-0.15, -0.1) is 0 Å². The molecule has 0 bridgehead atoms. The Morgan fingerprint density at radius 1 is 1.12 bits per heavy atom. The molecule has 0 spiro atoms. The number of nitrogens with one attached hydrogen (secondary N) is 1. The van der Waals surface area contributed by atoms with Crippen LogP contribution < -0.4 is 5.32 Å². The third-order valence-electron chi connectivity index (χ3n) is 3.91. The number of rotatable bonds is 5. The molecule has 6 heteroatoms. The third kappa shape index (κ3) is 2.86. The van der Waals surface area contributed by atoms with Crippen LogP contribution >= 0.6 is 0 Å². The standard InChI is InChI=1S/C18H19N3O2S/c1-14-16(12-19-2)11-18(15-7-4-3-5-8-15)21(14)24(22,23)17-9-6-10-20-13-17/h3-11,13,19H,12H2,1-2H3. The van der Waals surface area contributed by atoms with Gasteiger partial charge in [-0.3, -0.25) is 4.98 Å². The minimum Gasteiger partial charge on any atom is -0.316 e. The fourth-order valence-electron chi connectivity index (χ4n) is 2.73. The Labute approximate surface area is 142 Å². The Morgan fingerprint density at radius 3 is 2.50 bits per heavy atom. The van der Waals surface area contributed by atoms with E-state index in [1.54, 1.807) is 18.3 Å². The van der Waals surface area contributed by atoms with Crippen LogP contribution in [0.3, 0.4) is 0 Å². The third-order valence-corrected chi connectivity index (χ3v) is 5.70. The number of hydrogen-bond acceptors (Lipinski definition) is 4. The van der Waals surface area contributed by atoms with Crippen LogP contribution in [0.1, 0.15) is 11.3 Å². The topological polar surface area (TPSA) is 64.0 Å². The van der Waals surface area contributed by atoms with Gasteiger partial charge in [0.15, 0.2) is 0 Å². The number of pyridine rings is 1. The summed E-state index contributed by atoms with van der Waals surface area (Å²) in [7, 11) is -1.88. The second kappa shape index (κ2) is 6.59. The lowest BCUT2D eigenvalue weighted by molar-refractivity contribution is 0.586. The summed E-state index contributed by atoms with van der Waals surface area (Å²) in [5, 5.41) is 3.09. The Bertz CT molecular complexity index is 933. The first kappa shape index (κ1) is 16.4. The SMILES string of the molecule is CNCc1cc(-c2ccccc2)n(S(=O)(=O)c2cccnc2)c1C. The molecule has 2 heterocycles. The van der Waals surface area contributed by atoms with E-state index in [0.717, 1.165) is 11.1 Å². The Kier molecular flexibility index (Phi) is 4.51. The monoisotopic (exact) mass is 341 g/mol. The average Bonchev–Trinajstić information content (AvgIpc) is 2.94. The van der Waals surface area contributed by atoms with E-state index >= 15 is 0 Å². The summed E-state index contributed by atoms with van der Waals surface area (Å²) in [6, 6.07) is 14.6. The zero-order valence-electron chi connectivity index (χ0n) is 13.6. The van der Waals surface area contributed by atoms with Gasteiger partial charge in [0, 0.05) is 24.6 Å². The number of nitrogens with zero attached hydrogens (tertiary/aromatic N) is 2. The molecule has 1 aromatic carbocycles. The molecule has 0 aliphatic heterocycles. The van der Waals surface area contributed by atoms with Crippen molar-refractivity contribution in [3.8, 4) is 11.3 Å². The zero-order chi connectivity index (χ0) is 17.2. The minimum absolute atomic E-state index is 0.178. The zero-order valence-corrected chi connectivity index (χ0v) is 14.4. The second-order valence-corrected chi connectivity index (χ2v) is 7.28. The van der Waals surface area contributed by atoms with Crippen LogP contribution in [0.5, 0.6) is 0 Å². The summed E-state index contributed by atoms with van der Waals surface area (Å²) in [4.78, 5) is 4.12. The van der Waals surface area contributed by atoms with E-state index in [9.17, 15) is 8.42 Å². The lowest BCUT2D eigenvalue weighted by Crippen LogP contribution is -2.16. The summed E-state index contributed by atoms with van der Waals surface area (Å²) in [6.45, 7) is 2.42. The Morgan fingerprint density at radius 2 is 1.88 bits per heavy atom. The molecule has 0 unspecified atom stereocenters. The minimum atomic E-state index is -3.72. The van der Waals surface area contributed by atoms with E-state index in [1.165, 1.54) is 10.2 Å². The van der Waals surface area contributed by atoms with E-state index < -0.39 is 10.0 Å². The van der Waals surface area contributed by atoms with Crippen molar-refractivity contribution < 1.29 is 8.42 Å². The molecule has 1 N–H and O–H groups in total. The molecule has 3 aromatic rings. The molecule has 0 radical (unpaired) electrons. The van der Waals surface area contributed by atoms with Gasteiger partial charge in [0.25, 0.3) is 10.0 Å². The molecule has 5 nitrogen and oxygen atoms in total. The summed E-state index contributed by atoms with van der Waals surface area (Å²) < 4.78 is 27.7. The van der Waals surface area contributed by atoms with Crippen molar-refractivity contribution in [3.63, 3.8) is 0 Å². The highest BCUT2D eigenvalue weighted by Gasteiger charge is 2.25. The molecule has 24 heavy (non-hydrogen) atoms. The molecule has 0 fully saturated rings. The molecular formula is C18H19N3O2S. The first-order chi connectivity index (χ1) is 11.6. The van der Waals surface area contributed by atoms with E-state index in [2.05, 4.69) is 10.3 Å². The molecule has 0 saturated heterocycles. The molecular weight excluding hydrogens is 322 g/mol. The predicted octanol–water partition coefficient (Wildman–Crippen LogP) is 2.81. The van der Waals surface area contributed by atoms with Crippen LogP contribution in [0.15, 0.2) is 65.8 Å². The Balaban J connectivity index is 2.27. The predicted molar refractivity (Wildman–Crippen MR) is 94.2 cm³/mol. The highest BCUT2D eigenvalue weighted by molar-refractivity contribution is 7.90. The molecule has 0 aliphatic carbocycles. The molecule has 0 saturated carbocycles. The van der Waals surface area contributed by atoms with E-state index in [0.29, 0.717) is 17.9 Å². The average molecular weight is 341 g/mol. The van der Waals surface area contributed by atoms with Gasteiger partial charge >= 0.3 is 0 Å². The van der Waals surface area contributed by atoms with Gasteiger partial charge in [0.1, 0.15) is 4.90 Å². The Hall–Kier alpha value is -2.44. The number of hydrogen-bond donors (Lipinski definition) is 1. The van der Waals surface area contributed by atoms with E-state index in [4.69, 9.17) is 0 Å². The largest absolute Gasteiger partial charge is 0.316 e. The van der Waals surface area contributed by atoms with Crippen molar-refractivity contribution in [2.24, 2.45) is 0 Å². The summed E-state index contributed by atoms with van der Waals surface area (Å²) in [5.74, 6) is 0. The van der Waals surface area contributed by atoms with Crippen molar-refractivity contribution in [1.29, 1.82) is 0 Å². The van der Waals surface area contributed by atoms with Crippen molar-refractivity contribution in [1.82, 2.24) is 14.3 Å². The molecule has 0 amide bonds. The van der Waals surface area contributed by atoms with Crippen LogP contribution in [0.25, 0.3) is 11.3 Å². The second-order valence-electron chi connectivity index (χ2n) is 5.49. The van der Waals surface area contributed by atoms with Crippen molar-refractivity contribution >= 4 is 10.0 Å². The van der Waals surface area contributed by atoms with Gasteiger partial charge in [-0.05, 0) is 43.3 Å². The molecule has 3 rings (SSSR count). The normalized spacial score (nSPS) is 11.6. The van der Waals surface area contributed by atoms with Gasteiger partial charge in [0.2, 0.25) is 0 Å². The van der Waals surface area contributed by atoms with Crippen LogP contribution in [0.2, 0.25) is 0 Å². The number of aromatic nitrogens is 2. The molecule has 0 aliphatic rings. The lowest BCUT2D eigenvalue weighted by atomic mass is 10.1. The van der Waals surface area contributed by atoms with E-state index in [-0.39, 0.29) is 4.90 Å². The highest BCUT2D eigenvalue weighted by atomic mass is 32.2. The van der Waals surface area contributed by atoms with Gasteiger partial charge in [-0.1, -0.05) is 30.3 Å². The maximum absolute atomic E-state index is 13.2. The van der Waals surface area contributed by atoms with Crippen LogP contribution in [-0.2, 0) is 16.6 Å². The van der Waals surface area contributed by atoms with Gasteiger partial charge in [0.05, 0.1) is 5.69 Å². The van der Waals surface area contributed by atoms with Crippen LogP contribution in [0.4, 0.5) is 0 Å². The molecule has 0 atom stereocenters. The molecule has 124 valence electrons. The summed E-state index contributed by atoms with van der Waals surface area (Å²) >= 11 is 0. The first-order valence-corrected chi connectivity index (χ1v) is 9.06. The van der Waals surface area contributed by atoms with Gasteiger partial charge in [-0.25, -0.2) is 12.4 Å². The van der Waals surface area contributed by atoms with Crippen molar-refractivity contribution in [3.05, 3.63) is 72.2 Å². The van der Waals surface area contributed by atoms with Crippen molar-refractivity contribution in [2.75, 3.05) is 7.05 Å². The van der Waals surface area contributed by atoms with Crippen molar-refractivity contribution in [2.45, 2.75) is 18.4 Å². The maximum atomic E-state index is 13.2. The maximum Gasteiger partial charge on any atom is 0.269 e. The summed E-state index contributed by atoms with van der Waals surface area (Å²) in [6.07, 6.45) is 2.94. The highest BCUT2D eigenvalue weighted by Crippen LogP contribution is 2.30. The van der Waals surface area contributed by atoms with Crippen LogP contribution in [0, 0.1) is 6.92 Å². The quantitative estimate of drug-likeness (QED) is 0.775.